The van der Waals surface area contributed by atoms with E-state index in [1.165, 1.54) is 5.57 Å². The molecule has 0 aliphatic heterocycles. The fourth-order valence-corrected chi connectivity index (χ4v) is 0.508. The van der Waals surface area contributed by atoms with Gasteiger partial charge < -0.3 is 5.73 Å². The highest BCUT2D eigenvalue weighted by Gasteiger charge is 2.23. The van der Waals surface area contributed by atoms with E-state index < -0.39 is 0 Å². The summed E-state index contributed by atoms with van der Waals surface area (Å²) in [5, 5.41) is 0. The van der Waals surface area contributed by atoms with Crippen molar-refractivity contribution in [3.63, 3.8) is 0 Å². The van der Waals surface area contributed by atoms with Crippen LogP contribution in [0.1, 0.15) is 13.8 Å². The molecule has 0 radical (unpaired) electrons. The normalized spacial score (nSPS) is 31.3. The minimum Gasteiger partial charge on any atom is -0.402 e. The van der Waals surface area contributed by atoms with Crippen molar-refractivity contribution in [2.75, 3.05) is 0 Å². The Labute approximate surface area is 37.8 Å². The third-order valence-electron chi connectivity index (χ3n) is 1.49. The molecule has 0 fully saturated rings. The van der Waals surface area contributed by atoms with Crippen molar-refractivity contribution >= 4 is 0 Å². The molecule has 0 saturated heterocycles. The summed E-state index contributed by atoms with van der Waals surface area (Å²) in [7, 11) is 0. The quantitative estimate of drug-likeness (QED) is 0.462. The molecule has 0 aromatic carbocycles. The zero-order valence-corrected chi connectivity index (χ0v) is 4.15. The van der Waals surface area contributed by atoms with Gasteiger partial charge in [-0.05, 0) is 12.5 Å². The molecule has 2 N–H and O–H groups in total. The zero-order chi connectivity index (χ0) is 4.73. The molecule has 6 heavy (non-hydrogen) atoms. The number of hydrogen-bond donors (Lipinski definition) is 1. The maximum atomic E-state index is 5.39. The molecule has 1 atom stereocenters. The van der Waals surface area contributed by atoms with Gasteiger partial charge in [0, 0.05) is 11.6 Å². The van der Waals surface area contributed by atoms with Gasteiger partial charge in [-0.1, -0.05) is 6.92 Å². The zero-order valence-electron chi connectivity index (χ0n) is 4.15. The van der Waals surface area contributed by atoms with Crippen LogP contribution >= 0.6 is 0 Å². The molecule has 1 rings (SSSR count). The fraction of sp³-hybridized carbons (Fsp3) is 0.600. The van der Waals surface area contributed by atoms with Crippen molar-refractivity contribution in [3.05, 3.63) is 11.3 Å². The lowest BCUT2D eigenvalue weighted by Gasteiger charge is -1.73. The average Bonchev–Trinajstić information content (AvgIpc) is 1.94. The molecule has 1 aliphatic carbocycles. The topological polar surface area (TPSA) is 26.0 Å². The van der Waals surface area contributed by atoms with Crippen LogP contribution in [0.5, 0.6) is 0 Å². The molecule has 34 valence electrons. The summed E-state index contributed by atoms with van der Waals surface area (Å²) >= 11 is 0. The van der Waals surface area contributed by atoms with E-state index in [0.717, 1.165) is 5.70 Å². The number of allylic oxidation sites excluding steroid dienone is 2. The Morgan fingerprint density at radius 3 is 1.83 bits per heavy atom. The van der Waals surface area contributed by atoms with E-state index >= 15 is 0 Å². The first kappa shape index (κ1) is 3.72. The first-order valence-corrected chi connectivity index (χ1v) is 2.19. The maximum absolute atomic E-state index is 5.39. The maximum Gasteiger partial charge on any atom is 0.0183 e. The minimum atomic E-state index is 0.630. The molecule has 0 aromatic heterocycles. The first-order chi connectivity index (χ1) is 2.73. The second kappa shape index (κ2) is 0.780. The Hall–Kier alpha value is -0.460. The van der Waals surface area contributed by atoms with Crippen molar-refractivity contribution in [1.29, 1.82) is 0 Å². The van der Waals surface area contributed by atoms with Crippen LogP contribution in [-0.4, -0.2) is 0 Å². The molecule has 0 bridgehead atoms. The van der Waals surface area contributed by atoms with Crippen LogP contribution in [-0.2, 0) is 0 Å². The lowest BCUT2D eigenvalue weighted by molar-refractivity contribution is 0.982. The minimum absolute atomic E-state index is 0.630. The summed E-state index contributed by atoms with van der Waals surface area (Å²) < 4.78 is 0. The van der Waals surface area contributed by atoms with Crippen molar-refractivity contribution < 1.29 is 0 Å². The van der Waals surface area contributed by atoms with Gasteiger partial charge in [-0.2, -0.15) is 0 Å². The van der Waals surface area contributed by atoms with Crippen LogP contribution in [0.2, 0.25) is 0 Å². The highest BCUT2D eigenvalue weighted by molar-refractivity contribution is 5.34. The molecule has 0 unspecified atom stereocenters. The van der Waals surface area contributed by atoms with Gasteiger partial charge in [0.05, 0.1) is 0 Å². The van der Waals surface area contributed by atoms with Crippen LogP contribution in [0.15, 0.2) is 11.3 Å². The molecule has 0 heterocycles. The van der Waals surface area contributed by atoms with Crippen molar-refractivity contribution in [2.24, 2.45) is 11.7 Å². The van der Waals surface area contributed by atoms with Gasteiger partial charge in [0.15, 0.2) is 0 Å². The van der Waals surface area contributed by atoms with E-state index in [-0.39, 0.29) is 0 Å². The smallest absolute Gasteiger partial charge is 0.0183 e. The summed E-state index contributed by atoms with van der Waals surface area (Å²) in [6.07, 6.45) is 0. The summed E-state index contributed by atoms with van der Waals surface area (Å²) in [6, 6.07) is 0. The third kappa shape index (κ3) is 0.251. The van der Waals surface area contributed by atoms with Gasteiger partial charge in [0.25, 0.3) is 0 Å². The largest absolute Gasteiger partial charge is 0.402 e. The van der Waals surface area contributed by atoms with E-state index in [1.54, 1.807) is 0 Å². The molecule has 0 amide bonds. The van der Waals surface area contributed by atoms with Gasteiger partial charge in [0.2, 0.25) is 0 Å². The Kier molecular flexibility index (Phi) is 0.484. The summed E-state index contributed by atoms with van der Waals surface area (Å²) in [5.41, 5.74) is 7.85. The monoisotopic (exact) mass is 83.1 g/mol. The highest BCUT2D eigenvalue weighted by Crippen LogP contribution is 2.32. The molecule has 1 aliphatic rings. The van der Waals surface area contributed by atoms with Crippen molar-refractivity contribution in [3.8, 4) is 0 Å². The van der Waals surface area contributed by atoms with Crippen LogP contribution < -0.4 is 5.73 Å². The lowest BCUT2D eigenvalue weighted by atomic mass is 10.3. The molecular formula is C5H9N. The third-order valence-corrected chi connectivity index (χ3v) is 1.49. The Balaban J connectivity index is 2.54. The Morgan fingerprint density at radius 2 is 1.83 bits per heavy atom. The van der Waals surface area contributed by atoms with Crippen LogP contribution in [0, 0.1) is 5.92 Å². The molecule has 0 aromatic rings. The molecule has 0 saturated carbocycles. The van der Waals surface area contributed by atoms with E-state index in [0.29, 0.717) is 5.92 Å². The molecular weight excluding hydrogens is 74.1 g/mol. The Bertz CT molecular complexity index is 90.5. The highest BCUT2D eigenvalue weighted by atomic mass is 14.7. The summed E-state index contributed by atoms with van der Waals surface area (Å²) in [6.45, 7) is 4.19. The number of nitrogens with two attached hydrogens (primary N) is 1. The standard InChI is InChI=1S/C5H9N/c1-3-4(2)5(3)6/h3H,6H2,1-2H3/t3-/m1/s1. The summed E-state index contributed by atoms with van der Waals surface area (Å²) in [4.78, 5) is 0. The van der Waals surface area contributed by atoms with Gasteiger partial charge >= 0.3 is 0 Å². The SMILES string of the molecule is CC1=C(N)[C@@H]1C. The van der Waals surface area contributed by atoms with Crippen molar-refractivity contribution in [2.45, 2.75) is 13.8 Å². The van der Waals surface area contributed by atoms with Crippen molar-refractivity contribution in [1.82, 2.24) is 0 Å². The van der Waals surface area contributed by atoms with E-state index in [9.17, 15) is 0 Å². The summed E-state index contributed by atoms with van der Waals surface area (Å²) in [5.74, 6) is 0.630. The number of hydrogen-bond acceptors (Lipinski definition) is 1. The van der Waals surface area contributed by atoms with E-state index in [4.69, 9.17) is 5.73 Å². The first-order valence-electron chi connectivity index (χ1n) is 2.19. The van der Waals surface area contributed by atoms with E-state index in [2.05, 4.69) is 13.8 Å². The van der Waals surface area contributed by atoms with Gasteiger partial charge in [-0.25, -0.2) is 0 Å². The fourth-order valence-electron chi connectivity index (χ4n) is 0.508. The lowest BCUT2D eigenvalue weighted by Crippen LogP contribution is -1.83. The second-order valence-corrected chi connectivity index (χ2v) is 1.86. The van der Waals surface area contributed by atoms with Gasteiger partial charge in [0.1, 0.15) is 0 Å². The second-order valence-electron chi connectivity index (χ2n) is 1.86. The van der Waals surface area contributed by atoms with Crippen LogP contribution in [0.3, 0.4) is 0 Å². The van der Waals surface area contributed by atoms with Gasteiger partial charge in [-0.3, -0.25) is 0 Å². The molecule has 0 spiro atoms. The number of rotatable bonds is 0. The Morgan fingerprint density at radius 1 is 1.67 bits per heavy atom. The predicted molar refractivity (Wildman–Crippen MR) is 26.1 cm³/mol. The molecule has 1 nitrogen and oxygen atoms in total. The predicted octanol–water partition coefficient (Wildman–Crippen LogP) is 0.869. The van der Waals surface area contributed by atoms with E-state index in [1.807, 2.05) is 0 Å². The average molecular weight is 83.1 g/mol. The molecule has 1 heteroatoms. The van der Waals surface area contributed by atoms with Crippen LogP contribution in [0.4, 0.5) is 0 Å². The van der Waals surface area contributed by atoms with Gasteiger partial charge in [-0.15, -0.1) is 0 Å². The van der Waals surface area contributed by atoms with Crippen LogP contribution in [0.25, 0.3) is 0 Å².